The maximum absolute atomic E-state index is 12.3. The third-order valence-corrected chi connectivity index (χ3v) is 5.02. The Kier molecular flexibility index (Phi) is 4.47. The maximum atomic E-state index is 12.3. The standard InChI is InChI=1S/C23H19NO3/c1-15-7-6-12-22(20(15)13-25)24-23(26)27-14-21-18-10-4-2-8-16(18)17-9-3-5-11-19(17)21/h2-13,21H,14H2,1H3,(H,24,26). The van der Waals surface area contributed by atoms with E-state index in [1.54, 1.807) is 12.1 Å². The molecule has 4 rings (SSSR count). The zero-order chi connectivity index (χ0) is 18.8. The minimum atomic E-state index is -0.564. The lowest BCUT2D eigenvalue weighted by Crippen LogP contribution is -2.18. The van der Waals surface area contributed by atoms with Gasteiger partial charge in [-0.15, -0.1) is 0 Å². The average molecular weight is 357 g/mol. The van der Waals surface area contributed by atoms with Gasteiger partial charge in [0, 0.05) is 11.5 Å². The highest BCUT2D eigenvalue weighted by Gasteiger charge is 2.29. The van der Waals surface area contributed by atoms with Gasteiger partial charge in [0.15, 0.2) is 6.29 Å². The minimum absolute atomic E-state index is 0.00574. The van der Waals surface area contributed by atoms with Crippen LogP contribution in [0.3, 0.4) is 0 Å². The maximum Gasteiger partial charge on any atom is 0.411 e. The Labute approximate surface area is 157 Å². The van der Waals surface area contributed by atoms with Crippen molar-refractivity contribution in [2.24, 2.45) is 0 Å². The molecule has 0 aromatic heterocycles. The minimum Gasteiger partial charge on any atom is -0.448 e. The Morgan fingerprint density at radius 3 is 2.22 bits per heavy atom. The van der Waals surface area contributed by atoms with Gasteiger partial charge in [0.1, 0.15) is 6.61 Å². The fourth-order valence-electron chi connectivity index (χ4n) is 3.69. The summed E-state index contributed by atoms with van der Waals surface area (Å²) in [5.41, 5.74) is 6.43. The first kappa shape index (κ1) is 17.0. The number of carbonyl (C=O) groups is 2. The number of ether oxygens (including phenoxy) is 1. The lowest BCUT2D eigenvalue weighted by Gasteiger charge is -2.15. The predicted molar refractivity (Wildman–Crippen MR) is 105 cm³/mol. The van der Waals surface area contributed by atoms with E-state index in [9.17, 15) is 9.59 Å². The molecule has 3 aromatic rings. The van der Waals surface area contributed by atoms with E-state index in [0.29, 0.717) is 11.3 Å². The highest BCUT2D eigenvalue weighted by Crippen LogP contribution is 2.44. The van der Waals surface area contributed by atoms with Gasteiger partial charge >= 0.3 is 6.09 Å². The van der Waals surface area contributed by atoms with E-state index in [1.165, 1.54) is 11.1 Å². The van der Waals surface area contributed by atoms with Gasteiger partial charge in [-0.05, 0) is 40.8 Å². The van der Waals surface area contributed by atoms with Gasteiger partial charge in [0.05, 0.1) is 5.69 Å². The molecule has 0 fully saturated rings. The van der Waals surface area contributed by atoms with E-state index in [1.807, 2.05) is 37.3 Å². The molecule has 4 heteroatoms. The number of hydrogen-bond acceptors (Lipinski definition) is 3. The van der Waals surface area contributed by atoms with Crippen LogP contribution in [0.25, 0.3) is 11.1 Å². The average Bonchev–Trinajstić information content (AvgIpc) is 3.00. The van der Waals surface area contributed by atoms with Crippen LogP contribution in [0.5, 0.6) is 0 Å². The van der Waals surface area contributed by atoms with Crippen LogP contribution in [-0.2, 0) is 4.74 Å². The van der Waals surface area contributed by atoms with Crippen LogP contribution < -0.4 is 5.32 Å². The second-order valence-corrected chi connectivity index (χ2v) is 6.60. The Morgan fingerprint density at radius 2 is 1.59 bits per heavy atom. The van der Waals surface area contributed by atoms with Crippen LogP contribution in [0.4, 0.5) is 10.5 Å². The molecule has 1 aliphatic carbocycles. The summed E-state index contributed by atoms with van der Waals surface area (Å²) in [6, 6.07) is 21.7. The third kappa shape index (κ3) is 3.10. The van der Waals surface area contributed by atoms with Crippen molar-refractivity contribution >= 4 is 18.1 Å². The molecule has 0 saturated carbocycles. The first-order valence-corrected chi connectivity index (χ1v) is 8.86. The first-order valence-electron chi connectivity index (χ1n) is 8.86. The smallest absolute Gasteiger partial charge is 0.411 e. The summed E-state index contributed by atoms with van der Waals surface area (Å²) < 4.78 is 5.52. The van der Waals surface area contributed by atoms with Crippen molar-refractivity contribution in [1.82, 2.24) is 0 Å². The summed E-state index contributed by atoms with van der Waals surface area (Å²) in [7, 11) is 0. The molecule has 1 amide bonds. The van der Waals surface area contributed by atoms with Gasteiger partial charge in [-0.2, -0.15) is 0 Å². The number of fused-ring (bicyclic) bond motifs is 3. The monoisotopic (exact) mass is 357 g/mol. The second-order valence-electron chi connectivity index (χ2n) is 6.60. The molecule has 1 aliphatic rings. The van der Waals surface area contributed by atoms with Crippen LogP contribution in [0.1, 0.15) is 33.0 Å². The number of aryl methyl sites for hydroxylation is 1. The summed E-state index contributed by atoms with van der Waals surface area (Å²) in [5.74, 6) is 0.00574. The van der Waals surface area contributed by atoms with Crippen LogP contribution in [0.15, 0.2) is 66.7 Å². The van der Waals surface area contributed by atoms with Crippen molar-refractivity contribution in [1.29, 1.82) is 0 Å². The summed E-state index contributed by atoms with van der Waals surface area (Å²) >= 11 is 0. The molecule has 134 valence electrons. The molecule has 0 atom stereocenters. The highest BCUT2D eigenvalue weighted by atomic mass is 16.5. The molecule has 0 radical (unpaired) electrons. The fraction of sp³-hybridized carbons (Fsp3) is 0.130. The molecule has 0 bridgehead atoms. The molecule has 4 nitrogen and oxygen atoms in total. The number of benzene rings is 3. The van der Waals surface area contributed by atoms with Crippen LogP contribution in [0, 0.1) is 6.92 Å². The van der Waals surface area contributed by atoms with E-state index in [-0.39, 0.29) is 12.5 Å². The summed E-state index contributed by atoms with van der Waals surface area (Å²) in [6.45, 7) is 2.06. The number of rotatable bonds is 4. The van der Waals surface area contributed by atoms with Crippen molar-refractivity contribution in [3.05, 3.63) is 89.0 Å². The predicted octanol–water partition coefficient (Wildman–Crippen LogP) is 5.17. The highest BCUT2D eigenvalue weighted by molar-refractivity contribution is 5.94. The zero-order valence-electron chi connectivity index (χ0n) is 14.9. The third-order valence-electron chi connectivity index (χ3n) is 5.02. The Balaban J connectivity index is 1.52. The lowest BCUT2D eigenvalue weighted by molar-refractivity contribution is 0.112. The Bertz CT molecular complexity index is 980. The molecular formula is C23H19NO3. The van der Waals surface area contributed by atoms with Crippen LogP contribution in [-0.4, -0.2) is 19.0 Å². The zero-order valence-corrected chi connectivity index (χ0v) is 14.9. The number of hydrogen-bond donors (Lipinski definition) is 1. The lowest BCUT2D eigenvalue weighted by atomic mass is 9.98. The van der Waals surface area contributed by atoms with Crippen LogP contribution in [0.2, 0.25) is 0 Å². The number of carbonyl (C=O) groups excluding carboxylic acids is 2. The van der Waals surface area contributed by atoms with Gasteiger partial charge in [-0.3, -0.25) is 10.1 Å². The van der Waals surface area contributed by atoms with Crippen LogP contribution >= 0.6 is 0 Å². The van der Waals surface area contributed by atoms with Crippen molar-refractivity contribution in [2.75, 3.05) is 11.9 Å². The quantitative estimate of drug-likeness (QED) is 0.656. The van der Waals surface area contributed by atoms with Gasteiger partial charge in [0.2, 0.25) is 0 Å². The summed E-state index contributed by atoms with van der Waals surface area (Å²) in [6.07, 6.45) is 0.180. The molecular weight excluding hydrogens is 338 g/mol. The largest absolute Gasteiger partial charge is 0.448 e. The van der Waals surface area contributed by atoms with E-state index in [0.717, 1.165) is 23.0 Å². The molecule has 0 heterocycles. The van der Waals surface area contributed by atoms with Crippen molar-refractivity contribution in [3.63, 3.8) is 0 Å². The Morgan fingerprint density at radius 1 is 0.963 bits per heavy atom. The van der Waals surface area contributed by atoms with E-state index < -0.39 is 6.09 Å². The van der Waals surface area contributed by atoms with E-state index in [4.69, 9.17) is 4.74 Å². The molecule has 1 N–H and O–H groups in total. The SMILES string of the molecule is Cc1cccc(NC(=O)OCC2c3ccccc3-c3ccccc32)c1C=O. The number of nitrogens with one attached hydrogen (secondary N) is 1. The van der Waals surface area contributed by atoms with Crippen molar-refractivity contribution in [2.45, 2.75) is 12.8 Å². The van der Waals surface area contributed by atoms with Gasteiger partial charge in [0.25, 0.3) is 0 Å². The number of anilines is 1. The normalized spacial score (nSPS) is 12.2. The molecule has 0 spiro atoms. The molecule has 0 aliphatic heterocycles. The Hall–Kier alpha value is -3.40. The number of amides is 1. The number of aldehydes is 1. The second kappa shape index (κ2) is 7.08. The van der Waals surface area contributed by atoms with Gasteiger partial charge < -0.3 is 4.74 Å². The molecule has 0 saturated heterocycles. The van der Waals surface area contributed by atoms with E-state index in [2.05, 4.69) is 29.6 Å². The van der Waals surface area contributed by atoms with Gasteiger partial charge in [-0.1, -0.05) is 60.7 Å². The fourth-order valence-corrected chi connectivity index (χ4v) is 3.69. The molecule has 3 aromatic carbocycles. The van der Waals surface area contributed by atoms with Gasteiger partial charge in [-0.25, -0.2) is 4.79 Å². The van der Waals surface area contributed by atoms with Crippen molar-refractivity contribution in [3.8, 4) is 11.1 Å². The topological polar surface area (TPSA) is 55.4 Å². The first-order chi connectivity index (χ1) is 13.2. The molecule has 0 unspecified atom stereocenters. The summed E-state index contributed by atoms with van der Waals surface area (Å²) in [4.78, 5) is 23.6. The molecule has 27 heavy (non-hydrogen) atoms. The van der Waals surface area contributed by atoms with Crippen molar-refractivity contribution < 1.29 is 14.3 Å². The summed E-state index contributed by atoms with van der Waals surface area (Å²) in [5, 5.41) is 2.68. The van der Waals surface area contributed by atoms with E-state index >= 15 is 0 Å².